The van der Waals surface area contributed by atoms with Crippen molar-refractivity contribution in [2.75, 3.05) is 0 Å². The van der Waals surface area contributed by atoms with Crippen LogP contribution in [0.15, 0.2) is 24.3 Å². The van der Waals surface area contributed by atoms with Gasteiger partial charge in [-0.25, -0.2) is 4.79 Å². The first-order valence-electron chi connectivity index (χ1n) is 8.34. The fraction of sp³-hybridized carbons (Fsp3) is 0.412. The van der Waals surface area contributed by atoms with E-state index >= 15 is 0 Å². The largest absolute Gasteiger partial charge is 0.508 e. The summed E-state index contributed by atoms with van der Waals surface area (Å²) >= 11 is 0. The number of benzene rings is 1. The number of aromatic hydroxyl groups is 1. The van der Waals surface area contributed by atoms with E-state index in [4.69, 9.17) is 16.6 Å². The number of aliphatic carboxylic acids is 1. The summed E-state index contributed by atoms with van der Waals surface area (Å²) in [5, 5.41) is 32.4. The number of carboxylic acid groups (broad SMARTS) is 1. The number of carboxylic acids is 1. The molecule has 9 N–H and O–H groups in total. The minimum Gasteiger partial charge on any atom is -0.508 e. The third kappa shape index (κ3) is 7.21. The maximum absolute atomic E-state index is 12.3. The number of phenols is 1. The molecule has 0 fully saturated rings. The molecule has 0 saturated heterocycles. The first kappa shape index (κ1) is 22.9. The minimum atomic E-state index is -1.60. The summed E-state index contributed by atoms with van der Waals surface area (Å²) < 4.78 is 0. The lowest BCUT2D eigenvalue weighted by Gasteiger charge is -2.24. The predicted molar refractivity (Wildman–Crippen MR) is 96.8 cm³/mol. The van der Waals surface area contributed by atoms with Gasteiger partial charge in [-0.2, -0.15) is 0 Å². The lowest BCUT2D eigenvalue weighted by atomic mass is 10.0. The van der Waals surface area contributed by atoms with E-state index in [1.165, 1.54) is 19.1 Å². The molecule has 1 aromatic carbocycles. The fourth-order valence-corrected chi connectivity index (χ4v) is 2.31. The van der Waals surface area contributed by atoms with Crippen LogP contribution in [0.25, 0.3) is 0 Å². The van der Waals surface area contributed by atoms with Crippen molar-refractivity contribution in [2.45, 2.75) is 44.0 Å². The molecule has 0 aliphatic carbocycles. The van der Waals surface area contributed by atoms with E-state index in [0.717, 1.165) is 0 Å². The van der Waals surface area contributed by atoms with Gasteiger partial charge in [0.15, 0.2) is 0 Å². The molecule has 154 valence electrons. The summed E-state index contributed by atoms with van der Waals surface area (Å²) in [6.45, 7) is 1.22. The van der Waals surface area contributed by atoms with E-state index in [0.29, 0.717) is 5.56 Å². The molecule has 0 aromatic heterocycles. The molecule has 0 spiro atoms. The van der Waals surface area contributed by atoms with Crippen LogP contribution >= 0.6 is 0 Å². The Morgan fingerprint density at radius 2 is 1.64 bits per heavy atom. The van der Waals surface area contributed by atoms with Crippen molar-refractivity contribution in [3.63, 3.8) is 0 Å². The molecule has 4 atom stereocenters. The zero-order valence-electron chi connectivity index (χ0n) is 15.2. The molecule has 0 bridgehead atoms. The highest BCUT2D eigenvalue weighted by Gasteiger charge is 2.31. The molecule has 4 unspecified atom stereocenters. The van der Waals surface area contributed by atoms with Crippen molar-refractivity contribution >= 4 is 23.7 Å². The van der Waals surface area contributed by atoms with E-state index in [2.05, 4.69) is 5.32 Å². The minimum absolute atomic E-state index is 0.0524. The normalized spacial score (nSPS) is 15.0. The molecule has 11 nitrogen and oxygen atoms in total. The SMILES string of the molecule is CC(O)C(NC(=O)C(N)Cc1ccc(O)cc1)C(=O)NC(CC(N)=O)C(=O)O. The Morgan fingerprint density at radius 3 is 2.11 bits per heavy atom. The molecule has 28 heavy (non-hydrogen) atoms. The number of hydrogen-bond acceptors (Lipinski definition) is 7. The third-order valence-corrected chi connectivity index (χ3v) is 3.81. The molecule has 0 aliphatic rings. The zero-order valence-corrected chi connectivity index (χ0v) is 15.2. The molecule has 3 amide bonds. The van der Waals surface area contributed by atoms with Gasteiger partial charge in [0.2, 0.25) is 17.7 Å². The quantitative estimate of drug-likeness (QED) is 0.226. The summed E-state index contributed by atoms with van der Waals surface area (Å²) in [5.74, 6) is -4.14. The number of nitrogens with one attached hydrogen (secondary N) is 2. The summed E-state index contributed by atoms with van der Waals surface area (Å²) in [6, 6.07) is 1.83. The Bertz CT molecular complexity index is 721. The van der Waals surface area contributed by atoms with Gasteiger partial charge in [-0.3, -0.25) is 14.4 Å². The average Bonchev–Trinajstić information content (AvgIpc) is 2.59. The molecule has 0 radical (unpaired) electrons. The van der Waals surface area contributed by atoms with Gasteiger partial charge in [0.25, 0.3) is 0 Å². The number of amides is 3. The monoisotopic (exact) mass is 396 g/mol. The van der Waals surface area contributed by atoms with Crippen LogP contribution in [0.3, 0.4) is 0 Å². The van der Waals surface area contributed by atoms with Crippen LogP contribution in [0.2, 0.25) is 0 Å². The summed E-state index contributed by atoms with van der Waals surface area (Å²) in [4.78, 5) is 46.6. The molecule has 1 rings (SSSR count). The number of primary amides is 1. The summed E-state index contributed by atoms with van der Waals surface area (Å²) in [5.41, 5.74) is 11.4. The molecule has 0 saturated carbocycles. The molecule has 1 aromatic rings. The van der Waals surface area contributed by atoms with Gasteiger partial charge in [0, 0.05) is 0 Å². The number of nitrogens with two attached hydrogens (primary N) is 2. The van der Waals surface area contributed by atoms with Crippen LogP contribution < -0.4 is 22.1 Å². The first-order chi connectivity index (χ1) is 13.0. The van der Waals surface area contributed by atoms with Gasteiger partial charge < -0.3 is 37.4 Å². The van der Waals surface area contributed by atoms with Crippen molar-refractivity contribution in [1.82, 2.24) is 10.6 Å². The van der Waals surface area contributed by atoms with Crippen molar-refractivity contribution in [3.8, 4) is 5.75 Å². The van der Waals surface area contributed by atoms with Crippen molar-refractivity contribution in [3.05, 3.63) is 29.8 Å². The number of aliphatic hydroxyl groups excluding tert-OH is 1. The number of carbonyl (C=O) groups excluding carboxylic acids is 3. The molecule has 11 heteroatoms. The number of aliphatic hydroxyl groups is 1. The molecular weight excluding hydrogens is 372 g/mol. The van der Waals surface area contributed by atoms with Gasteiger partial charge in [-0.05, 0) is 31.0 Å². The number of carbonyl (C=O) groups is 4. The maximum atomic E-state index is 12.3. The molecule has 0 aliphatic heterocycles. The van der Waals surface area contributed by atoms with Crippen LogP contribution in [0.5, 0.6) is 5.75 Å². The lowest BCUT2D eigenvalue weighted by molar-refractivity contribution is -0.144. The fourth-order valence-electron chi connectivity index (χ4n) is 2.31. The van der Waals surface area contributed by atoms with Crippen LogP contribution in [0.4, 0.5) is 0 Å². The van der Waals surface area contributed by atoms with Gasteiger partial charge in [0.05, 0.1) is 18.6 Å². The highest BCUT2D eigenvalue weighted by Crippen LogP contribution is 2.11. The highest BCUT2D eigenvalue weighted by atomic mass is 16.4. The van der Waals surface area contributed by atoms with Crippen molar-refractivity contribution < 1.29 is 34.5 Å². The summed E-state index contributed by atoms with van der Waals surface area (Å²) in [7, 11) is 0. The lowest BCUT2D eigenvalue weighted by Crippen LogP contribution is -2.58. The topological polar surface area (TPSA) is 205 Å². The van der Waals surface area contributed by atoms with Gasteiger partial charge in [-0.1, -0.05) is 12.1 Å². The molecular formula is C17H24N4O7. The number of hydrogen-bond donors (Lipinski definition) is 7. The highest BCUT2D eigenvalue weighted by molar-refractivity contribution is 5.93. The van der Waals surface area contributed by atoms with E-state index in [1.807, 2.05) is 5.32 Å². The van der Waals surface area contributed by atoms with Crippen LogP contribution in [-0.4, -0.2) is 63.2 Å². The molecule has 0 heterocycles. The standard InChI is InChI=1S/C17H24N4O7/c1-8(22)14(16(26)20-12(17(27)28)7-13(19)24)21-15(25)11(18)6-9-2-4-10(23)5-3-9/h2-5,8,11-12,14,22-23H,6-7,18H2,1H3,(H2,19,24)(H,20,26)(H,21,25)(H,27,28). The van der Waals surface area contributed by atoms with Crippen LogP contribution in [0, 0.1) is 0 Å². The Hall–Kier alpha value is -3.18. The Kier molecular flexibility index (Phi) is 8.35. The zero-order chi connectivity index (χ0) is 21.4. The second-order valence-electron chi connectivity index (χ2n) is 6.27. The van der Waals surface area contributed by atoms with Gasteiger partial charge >= 0.3 is 5.97 Å². The van der Waals surface area contributed by atoms with Crippen LogP contribution in [-0.2, 0) is 25.6 Å². The Morgan fingerprint density at radius 1 is 1.07 bits per heavy atom. The van der Waals surface area contributed by atoms with E-state index in [9.17, 15) is 29.4 Å². The average molecular weight is 396 g/mol. The Labute approximate surface area is 160 Å². The third-order valence-electron chi connectivity index (χ3n) is 3.81. The van der Waals surface area contributed by atoms with Crippen LogP contribution in [0.1, 0.15) is 18.9 Å². The second-order valence-corrected chi connectivity index (χ2v) is 6.27. The van der Waals surface area contributed by atoms with Gasteiger partial charge in [0.1, 0.15) is 17.8 Å². The van der Waals surface area contributed by atoms with E-state index in [-0.39, 0.29) is 12.2 Å². The number of rotatable bonds is 10. The predicted octanol–water partition coefficient (Wildman–Crippen LogP) is -2.43. The maximum Gasteiger partial charge on any atom is 0.326 e. The van der Waals surface area contributed by atoms with Gasteiger partial charge in [-0.15, -0.1) is 0 Å². The van der Waals surface area contributed by atoms with Crippen molar-refractivity contribution in [2.24, 2.45) is 11.5 Å². The van der Waals surface area contributed by atoms with E-state index < -0.39 is 54.3 Å². The van der Waals surface area contributed by atoms with Crippen molar-refractivity contribution in [1.29, 1.82) is 0 Å². The Balaban J connectivity index is 2.77. The first-order valence-corrected chi connectivity index (χ1v) is 8.34. The summed E-state index contributed by atoms with van der Waals surface area (Å²) in [6.07, 6.45) is -1.92. The second kappa shape index (κ2) is 10.2. The van der Waals surface area contributed by atoms with E-state index in [1.54, 1.807) is 12.1 Å². The smallest absolute Gasteiger partial charge is 0.326 e. The number of phenolic OH excluding ortho intramolecular Hbond substituents is 1.